The van der Waals surface area contributed by atoms with Crippen molar-refractivity contribution in [3.8, 4) is 11.3 Å². The molecule has 5 rings (SSSR count). The van der Waals surface area contributed by atoms with E-state index in [1.165, 1.54) is 0 Å². The fraction of sp³-hybridized carbons (Fsp3) is 0.0417. The van der Waals surface area contributed by atoms with Gasteiger partial charge < -0.3 is 9.88 Å². The topological polar surface area (TPSA) is 59.8 Å². The van der Waals surface area contributed by atoms with E-state index in [2.05, 4.69) is 15.3 Å². The Morgan fingerprint density at radius 3 is 2.73 bits per heavy atom. The molecule has 0 atom stereocenters. The number of hydrogen-bond donors (Lipinski definition) is 1. The van der Waals surface area contributed by atoms with Crippen LogP contribution in [-0.2, 0) is 7.05 Å². The maximum absolute atomic E-state index is 12.9. The summed E-state index contributed by atoms with van der Waals surface area (Å²) < 4.78 is 1.97. The fourth-order valence-corrected chi connectivity index (χ4v) is 3.98. The van der Waals surface area contributed by atoms with Gasteiger partial charge in [-0.2, -0.15) is 0 Å². The Morgan fingerprint density at radius 2 is 1.83 bits per heavy atom. The number of amides is 1. The minimum absolute atomic E-state index is 0.254. The molecule has 0 aliphatic rings. The molecule has 6 heteroatoms. The first-order chi connectivity index (χ1) is 14.6. The Morgan fingerprint density at radius 1 is 0.967 bits per heavy atom. The van der Waals surface area contributed by atoms with E-state index < -0.39 is 0 Å². The van der Waals surface area contributed by atoms with Gasteiger partial charge in [0.15, 0.2) is 0 Å². The molecule has 2 aromatic heterocycles. The predicted molar refractivity (Wildman–Crippen MR) is 121 cm³/mol. The number of nitrogens with one attached hydrogen (secondary N) is 1. The van der Waals surface area contributed by atoms with Crippen molar-refractivity contribution >= 4 is 45.0 Å². The van der Waals surface area contributed by atoms with Crippen molar-refractivity contribution in [2.24, 2.45) is 7.05 Å². The average molecular weight is 413 g/mol. The zero-order valence-corrected chi connectivity index (χ0v) is 16.9. The first-order valence-electron chi connectivity index (χ1n) is 9.47. The molecular formula is C24H17ClN4O. The predicted octanol–water partition coefficient (Wildman–Crippen LogP) is 5.69. The lowest BCUT2D eigenvalue weighted by molar-refractivity contribution is 0.102. The zero-order valence-electron chi connectivity index (χ0n) is 16.1. The van der Waals surface area contributed by atoms with Crippen LogP contribution in [0.4, 0.5) is 5.69 Å². The summed E-state index contributed by atoms with van der Waals surface area (Å²) in [5, 5.41) is 5.22. The molecule has 2 heterocycles. The number of rotatable bonds is 3. The highest BCUT2D eigenvalue weighted by molar-refractivity contribution is 6.39. The van der Waals surface area contributed by atoms with Gasteiger partial charge in [0.2, 0.25) is 0 Å². The van der Waals surface area contributed by atoms with Crippen molar-refractivity contribution in [2.75, 3.05) is 5.32 Å². The molecule has 0 aliphatic carbocycles. The number of carbonyl (C=O) groups excluding carboxylic acids is 1. The van der Waals surface area contributed by atoms with Crippen molar-refractivity contribution in [1.29, 1.82) is 0 Å². The number of aromatic nitrogens is 3. The standard InChI is InChI=1S/C24H17ClN4O/c1-29-12-11-18-21(29)10-9-19(22(18)25)24(30)28-16-6-4-5-15(13-16)23-17-7-2-3-8-20(17)26-14-27-23/h2-14H,1H3,(H,28,30). The van der Waals surface area contributed by atoms with Crippen LogP contribution in [0.5, 0.6) is 0 Å². The fourth-order valence-electron chi connectivity index (χ4n) is 3.67. The Kier molecular flexibility index (Phi) is 4.45. The molecule has 5 nitrogen and oxygen atoms in total. The number of aryl methyl sites for hydroxylation is 1. The summed E-state index contributed by atoms with van der Waals surface area (Å²) in [6, 6.07) is 21.0. The highest BCUT2D eigenvalue weighted by Gasteiger charge is 2.15. The molecule has 1 N–H and O–H groups in total. The Labute approximate surface area is 178 Å². The second-order valence-corrected chi connectivity index (χ2v) is 7.44. The van der Waals surface area contributed by atoms with Crippen LogP contribution in [0.15, 0.2) is 79.3 Å². The smallest absolute Gasteiger partial charge is 0.257 e. The Hall–Kier alpha value is -3.70. The molecule has 0 saturated carbocycles. The summed E-state index contributed by atoms with van der Waals surface area (Å²) in [5.41, 5.74) is 4.68. The van der Waals surface area contributed by atoms with E-state index >= 15 is 0 Å². The van der Waals surface area contributed by atoms with E-state index in [-0.39, 0.29) is 5.91 Å². The molecule has 1 amide bonds. The monoisotopic (exact) mass is 412 g/mol. The average Bonchev–Trinajstić information content (AvgIpc) is 3.15. The van der Waals surface area contributed by atoms with Crippen LogP contribution in [0.25, 0.3) is 33.1 Å². The second kappa shape index (κ2) is 7.28. The molecule has 30 heavy (non-hydrogen) atoms. The van der Waals surface area contributed by atoms with Gasteiger partial charge in [-0.3, -0.25) is 4.79 Å². The van der Waals surface area contributed by atoms with Crippen molar-refractivity contribution in [1.82, 2.24) is 14.5 Å². The lowest BCUT2D eigenvalue weighted by atomic mass is 10.1. The van der Waals surface area contributed by atoms with Crippen molar-refractivity contribution in [3.05, 3.63) is 89.8 Å². The van der Waals surface area contributed by atoms with Gasteiger partial charge in [-0.1, -0.05) is 41.9 Å². The zero-order chi connectivity index (χ0) is 20.7. The summed E-state index contributed by atoms with van der Waals surface area (Å²) in [5.74, 6) is -0.254. The minimum Gasteiger partial charge on any atom is -0.351 e. The van der Waals surface area contributed by atoms with Crippen LogP contribution in [0.2, 0.25) is 5.02 Å². The third-order valence-electron chi connectivity index (χ3n) is 5.18. The van der Waals surface area contributed by atoms with Gasteiger partial charge in [-0.05, 0) is 36.4 Å². The maximum Gasteiger partial charge on any atom is 0.257 e. The first kappa shape index (κ1) is 18.3. The van der Waals surface area contributed by atoms with Gasteiger partial charge >= 0.3 is 0 Å². The van der Waals surface area contributed by atoms with Gasteiger partial charge in [-0.15, -0.1) is 0 Å². The molecule has 0 bridgehead atoms. The van der Waals surface area contributed by atoms with Crippen LogP contribution in [0.3, 0.4) is 0 Å². The van der Waals surface area contributed by atoms with Crippen LogP contribution < -0.4 is 5.32 Å². The molecule has 0 unspecified atom stereocenters. The molecule has 0 aliphatic heterocycles. The van der Waals surface area contributed by atoms with E-state index in [1.54, 1.807) is 12.4 Å². The number of para-hydroxylation sites is 1. The first-order valence-corrected chi connectivity index (χ1v) is 9.85. The maximum atomic E-state index is 12.9. The van der Waals surface area contributed by atoms with Crippen LogP contribution in [-0.4, -0.2) is 20.4 Å². The van der Waals surface area contributed by atoms with Crippen molar-refractivity contribution in [2.45, 2.75) is 0 Å². The number of fused-ring (bicyclic) bond motifs is 2. The van der Waals surface area contributed by atoms with Crippen molar-refractivity contribution < 1.29 is 4.79 Å². The van der Waals surface area contributed by atoms with Gasteiger partial charge in [0.25, 0.3) is 5.91 Å². The number of anilines is 1. The summed E-state index contributed by atoms with van der Waals surface area (Å²) in [4.78, 5) is 21.7. The lowest BCUT2D eigenvalue weighted by Gasteiger charge is -2.10. The normalized spacial score (nSPS) is 11.1. The van der Waals surface area contributed by atoms with Crippen LogP contribution in [0.1, 0.15) is 10.4 Å². The highest BCUT2D eigenvalue weighted by Crippen LogP contribution is 2.30. The lowest BCUT2D eigenvalue weighted by Crippen LogP contribution is -2.12. The molecule has 0 spiro atoms. The molecule has 0 radical (unpaired) electrons. The van der Waals surface area contributed by atoms with Crippen molar-refractivity contribution in [3.63, 3.8) is 0 Å². The van der Waals surface area contributed by atoms with E-state index in [0.29, 0.717) is 16.3 Å². The quantitative estimate of drug-likeness (QED) is 0.414. The summed E-state index contributed by atoms with van der Waals surface area (Å²) in [6.45, 7) is 0. The Bertz CT molecular complexity index is 1420. The number of benzene rings is 3. The van der Waals surface area contributed by atoms with E-state index in [1.807, 2.05) is 78.5 Å². The molecule has 5 aromatic rings. The Balaban J connectivity index is 1.49. The third kappa shape index (κ3) is 3.09. The van der Waals surface area contributed by atoms with E-state index in [4.69, 9.17) is 11.6 Å². The number of hydrogen-bond acceptors (Lipinski definition) is 3. The molecular weight excluding hydrogens is 396 g/mol. The SMILES string of the molecule is Cn1ccc2c(Cl)c(C(=O)Nc3cccc(-c4ncnc5ccccc45)c3)ccc21. The number of nitrogens with zero attached hydrogens (tertiary/aromatic N) is 3. The number of halogens is 1. The van der Waals surface area contributed by atoms with Gasteiger partial charge in [0, 0.05) is 40.8 Å². The third-order valence-corrected chi connectivity index (χ3v) is 5.59. The van der Waals surface area contributed by atoms with Gasteiger partial charge in [0.05, 0.1) is 21.8 Å². The van der Waals surface area contributed by atoms with E-state index in [9.17, 15) is 4.79 Å². The molecule has 146 valence electrons. The molecule has 0 saturated heterocycles. The van der Waals surface area contributed by atoms with Gasteiger partial charge in [-0.25, -0.2) is 9.97 Å². The second-order valence-electron chi connectivity index (χ2n) is 7.06. The minimum atomic E-state index is -0.254. The summed E-state index contributed by atoms with van der Waals surface area (Å²) >= 11 is 6.52. The number of carbonyl (C=O) groups is 1. The van der Waals surface area contributed by atoms with Crippen LogP contribution >= 0.6 is 11.6 Å². The molecule has 3 aromatic carbocycles. The summed E-state index contributed by atoms with van der Waals surface area (Å²) in [6.07, 6.45) is 3.48. The largest absolute Gasteiger partial charge is 0.351 e. The van der Waals surface area contributed by atoms with Gasteiger partial charge in [0.1, 0.15) is 6.33 Å². The molecule has 0 fully saturated rings. The highest BCUT2D eigenvalue weighted by atomic mass is 35.5. The summed E-state index contributed by atoms with van der Waals surface area (Å²) in [7, 11) is 1.95. The van der Waals surface area contributed by atoms with Crippen LogP contribution in [0, 0.1) is 0 Å². The van der Waals surface area contributed by atoms with E-state index in [0.717, 1.165) is 33.1 Å².